The lowest BCUT2D eigenvalue weighted by molar-refractivity contribution is -0.107. The maximum atomic E-state index is 12.8. The second-order valence-electron chi connectivity index (χ2n) is 9.08. The second-order valence-corrected chi connectivity index (χ2v) is 9.08. The van der Waals surface area contributed by atoms with Gasteiger partial charge in [0.1, 0.15) is 6.29 Å². The molecule has 0 unspecified atom stereocenters. The Hall–Kier alpha value is -3.36. The monoisotopic (exact) mass is 446 g/mol. The molecule has 2 N–H and O–H groups in total. The van der Waals surface area contributed by atoms with Crippen LogP contribution in [0.1, 0.15) is 44.0 Å². The van der Waals surface area contributed by atoms with E-state index < -0.39 is 5.60 Å². The fraction of sp³-hybridized carbons (Fsp3) is 0.357. The highest BCUT2D eigenvalue weighted by Gasteiger charge is 2.20. The van der Waals surface area contributed by atoms with Gasteiger partial charge in [0, 0.05) is 42.3 Å². The summed E-state index contributed by atoms with van der Waals surface area (Å²) in [6, 6.07) is 12.0. The van der Waals surface area contributed by atoms with Crippen molar-refractivity contribution in [2.24, 2.45) is 7.05 Å². The van der Waals surface area contributed by atoms with Crippen molar-refractivity contribution >= 4 is 22.7 Å². The number of aryl methyl sites for hydroxylation is 1. The van der Waals surface area contributed by atoms with Gasteiger partial charge in [-0.25, -0.2) is 0 Å². The van der Waals surface area contributed by atoms with Gasteiger partial charge in [0.2, 0.25) is 0 Å². The van der Waals surface area contributed by atoms with Gasteiger partial charge in [0.25, 0.3) is 5.56 Å². The molecule has 0 atom stereocenters. The van der Waals surface area contributed by atoms with Crippen molar-refractivity contribution in [2.45, 2.75) is 52.6 Å². The molecule has 1 aliphatic heterocycles. The molecule has 2 aromatic carbocycles. The molecule has 0 spiro atoms. The normalized spacial score (nSPS) is 12.4. The summed E-state index contributed by atoms with van der Waals surface area (Å²) < 4.78 is 1.62. The van der Waals surface area contributed by atoms with Crippen molar-refractivity contribution in [3.8, 4) is 24.0 Å². The van der Waals surface area contributed by atoms with E-state index in [0.717, 1.165) is 47.9 Å². The Morgan fingerprint density at radius 1 is 1.12 bits per heavy atom. The molecule has 0 bridgehead atoms. The lowest BCUT2D eigenvalue weighted by Gasteiger charge is -2.24. The van der Waals surface area contributed by atoms with Crippen LogP contribution >= 0.6 is 0 Å². The average molecular weight is 447 g/mol. The van der Waals surface area contributed by atoms with Crippen LogP contribution in [-0.2, 0) is 24.7 Å². The van der Waals surface area contributed by atoms with Gasteiger partial charge >= 0.3 is 0 Å². The standard InChI is InChI=1S/C22H22N2O2.C4H10O.C2H2/c1-14-16(10-9-15-6-5-12-23-21(14)15)20-17-7-3-4-8-18(17)22(26)24(2)19(20)11-13-25;1-4(2,3)5;1-2/h3-4,7-10,13,23H,5-6,11-12H2,1-2H3;5H,1-3H3;1-2H. The van der Waals surface area contributed by atoms with Crippen molar-refractivity contribution in [3.05, 3.63) is 63.6 Å². The Labute approximate surface area is 196 Å². The molecular weight excluding hydrogens is 412 g/mol. The van der Waals surface area contributed by atoms with E-state index in [1.165, 1.54) is 16.8 Å². The maximum Gasteiger partial charge on any atom is 0.258 e. The van der Waals surface area contributed by atoms with Gasteiger partial charge in [-0.15, -0.1) is 12.8 Å². The van der Waals surface area contributed by atoms with Gasteiger partial charge < -0.3 is 19.8 Å². The van der Waals surface area contributed by atoms with Crippen LogP contribution in [0.15, 0.2) is 41.2 Å². The Morgan fingerprint density at radius 2 is 1.73 bits per heavy atom. The fourth-order valence-electron chi connectivity index (χ4n) is 4.12. The Balaban J connectivity index is 0.000000489. The predicted molar refractivity (Wildman–Crippen MR) is 138 cm³/mol. The zero-order valence-corrected chi connectivity index (χ0v) is 20.2. The first-order valence-electron chi connectivity index (χ1n) is 11.1. The van der Waals surface area contributed by atoms with Crippen molar-refractivity contribution < 1.29 is 9.90 Å². The van der Waals surface area contributed by atoms with E-state index in [0.29, 0.717) is 5.39 Å². The minimum absolute atomic E-state index is 0.0602. The van der Waals surface area contributed by atoms with Gasteiger partial charge in [0.05, 0.1) is 5.60 Å². The highest BCUT2D eigenvalue weighted by atomic mass is 16.3. The SMILES string of the molecule is C#C.CC(C)(C)O.Cc1c(-c2c(CC=O)n(C)c(=O)c3ccccc23)ccc2c1NCCC2. The predicted octanol–water partition coefficient (Wildman–Crippen LogP) is 4.64. The molecule has 0 fully saturated rings. The third-order valence-electron chi connectivity index (χ3n) is 5.45. The summed E-state index contributed by atoms with van der Waals surface area (Å²) in [4.78, 5) is 24.1. The number of hydrogen-bond donors (Lipinski definition) is 2. The van der Waals surface area contributed by atoms with Crippen LogP contribution in [0.3, 0.4) is 0 Å². The second kappa shape index (κ2) is 11.0. The fourth-order valence-corrected chi connectivity index (χ4v) is 4.12. The van der Waals surface area contributed by atoms with Crippen molar-refractivity contribution in [1.82, 2.24) is 4.57 Å². The van der Waals surface area contributed by atoms with E-state index in [1.807, 2.05) is 24.3 Å². The molecule has 4 rings (SSSR count). The quantitative estimate of drug-likeness (QED) is 0.454. The number of nitrogens with zero attached hydrogens (tertiary/aromatic N) is 1. The molecule has 5 heteroatoms. The van der Waals surface area contributed by atoms with E-state index in [-0.39, 0.29) is 12.0 Å². The van der Waals surface area contributed by atoms with Crippen LogP contribution in [0.2, 0.25) is 0 Å². The number of carbonyl (C=O) groups excluding carboxylic acids is 1. The summed E-state index contributed by atoms with van der Waals surface area (Å²) in [5.41, 5.74) is 5.99. The van der Waals surface area contributed by atoms with Crippen LogP contribution < -0.4 is 10.9 Å². The Bertz CT molecular complexity index is 1210. The van der Waals surface area contributed by atoms with Crippen LogP contribution in [0.4, 0.5) is 5.69 Å². The molecule has 5 nitrogen and oxygen atoms in total. The third-order valence-corrected chi connectivity index (χ3v) is 5.45. The lowest BCUT2D eigenvalue weighted by Crippen LogP contribution is -2.22. The molecule has 0 saturated carbocycles. The number of pyridine rings is 1. The summed E-state index contributed by atoms with van der Waals surface area (Å²) in [6.45, 7) is 8.33. The van der Waals surface area contributed by atoms with Gasteiger partial charge in [-0.3, -0.25) is 4.79 Å². The highest BCUT2D eigenvalue weighted by Crippen LogP contribution is 2.38. The summed E-state index contributed by atoms with van der Waals surface area (Å²) >= 11 is 0. The zero-order chi connectivity index (χ0) is 24.8. The third kappa shape index (κ3) is 5.91. The molecule has 174 valence electrons. The molecule has 1 aromatic heterocycles. The summed E-state index contributed by atoms with van der Waals surface area (Å²) in [6.07, 6.45) is 11.3. The number of nitrogens with one attached hydrogen (secondary N) is 1. The highest BCUT2D eigenvalue weighted by molar-refractivity contribution is 5.99. The number of aromatic nitrogens is 1. The molecule has 2 heterocycles. The minimum atomic E-state index is -0.500. The number of carbonyl (C=O) groups is 1. The smallest absolute Gasteiger partial charge is 0.258 e. The van der Waals surface area contributed by atoms with E-state index in [9.17, 15) is 9.59 Å². The maximum absolute atomic E-state index is 12.8. The number of anilines is 1. The van der Waals surface area contributed by atoms with Crippen LogP contribution in [0.5, 0.6) is 0 Å². The van der Waals surface area contributed by atoms with Gasteiger partial charge in [-0.05, 0) is 68.7 Å². The van der Waals surface area contributed by atoms with E-state index in [1.54, 1.807) is 32.4 Å². The van der Waals surface area contributed by atoms with Crippen LogP contribution in [0.25, 0.3) is 21.9 Å². The number of rotatable bonds is 3. The number of fused-ring (bicyclic) bond motifs is 2. The molecule has 0 radical (unpaired) electrons. The number of terminal acetylenes is 1. The molecule has 3 aromatic rings. The zero-order valence-electron chi connectivity index (χ0n) is 20.2. The van der Waals surface area contributed by atoms with Crippen molar-refractivity contribution in [2.75, 3.05) is 11.9 Å². The summed E-state index contributed by atoms with van der Waals surface area (Å²) in [7, 11) is 1.75. The van der Waals surface area contributed by atoms with Crippen molar-refractivity contribution in [3.63, 3.8) is 0 Å². The number of aliphatic hydroxyl groups is 1. The molecule has 0 saturated heterocycles. The molecule has 0 amide bonds. The van der Waals surface area contributed by atoms with Gasteiger partial charge in [0.15, 0.2) is 0 Å². The van der Waals surface area contributed by atoms with Gasteiger partial charge in [-0.2, -0.15) is 0 Å². The molecule has 33 heavy (non-hydrogen) atoms. The largest absolute Gasteiger partial charge is 0.391 e. The molecule has 1 aliphatic rings. The van der Waals surface area contributed by atoms with Crippen molar-refractivity contribution in [1.29, 1.82) is 0 Å². The topological polar surface area (TPSA) is 71.3 Å². The average Bonchev–Trinajstić information content (AvgIpc) is 2.79. The first-order chi connectivity index (χ1) is 15.6. The van der Waals surface area contributed by atoms with Gasteiger partial charge in [-0.1, -0.05) is 30.3 Å². The molecular formula is C28H34N2O3. The first-order valence-corrected chi connectivity index (χ1v) is 11.1. The number of benzene rings is 2. The molecule has 0 aliphatic carbocycles. The Morgan fingerprint density at radius 3 is 2.33 bits per heavy atom. The van der Waals surface area contributed by atoms with E-state index >= 15 is 0 Å². The number of aldehydes is 1. The van der Waals surface area contributed by atoms with Crippen LogP contribution in [-0.4, -0.2) is 28.1 Å². The Kier molecular flexibility index (Phi) is 8.62. The lowest BCUT2D eigenvalue weighted by atomic mass is 9.89. The number of hydrogen-bond acceptors (Lipinski definition) is 4. The van der Waals surface area contributed by atoms with E-state index in [2.05, 4.69) is 37.2 Å². The van der Waals surface area contributed by atoms with Crippen LogP contribution in [0, 0.1) is 19.8 Å². The summed E-state index contributed by atoms with van der Waals surface area (Å²) in [5, 5.41) is 13.6. The first kappa shape index (κ1) is 25.9. The van der Waals surface area contributed by atoms with E-state index in [4.69, 9.17) is 5.11 Å². The summed E-state index contributed by atoms with van der Waals surface area (Å²) in [5.74, 6) is 0. The minimum Gasteiger partial charge on any atom is -0.391 e.